The second-order valence-corrected chi connectivity index (χ2v) is 5.89. The van der Waals surface area contributed by atoms with Gasteiger partial charge in [-0.2, -0.15) is 0 Å². The zero-order valence-electron chi connectivity index (χ0n) is 11.8. The fourth-order valence-electron chi connectivity index (χ4n) is 2.10. The molecule has 4 nitrogen and oxygen atoms in total. The first kappa shape index (κ1) is 14.9. The van der Waals surface area contributed by atoms with Crippen molar-refractivity contribution in [1.82, 2.24) is 4.90 Å². The molecule has 1 atom stereocenters. The lowest BCUT2D eigenvalue weighted by Crippen LogP contribution is -2.31. The van der Waals surface area contributed by atoms with Crippen LogP contribution in [0.4, 0.5) is 0 Å². The second-order valence-electron chi connectivity index (χ2n) is 5.89. The van der Waals surface area contributed by atoms with Gasteiger partial charge in [-0.15, -0.1) is 0 Å². The van der Waals surface area contributed by atoms with Gasteiger partial charge in [0.05, 0.1) is 0 Å². The molecule has 0 aliphatic carbocycles. The molecule has 1 saturated heterocycles. The van der Waals surface area contributed by atoms with Crippen LogP contribution < -0.4 is 0 Å². The molecule has 1 unspecified atom stereocenters. The number of nitrogens with zero attached hydrogens (tertiary/aromatic N) is 1. The first-order valence-corrected chi connectivity index (χ1v) is 6.61. The fourth-order valence-corrected chi connectivity index (χ4v) is 2.10. The third kappa shape index (κ3) is 3.40. The number of likely N-dealkylation sites (tertiary alicyclic amines) is 1. The summed E-state index contributed by atoms with van der Waals surface area (Å²) < 4.78 is 0. The maximum Gasteiger partial charge on any atom is 0.232 e. The van der Waals surface area contributed by atoms with Crippen molar-refractivity contribution in [1.29, 1.82) is 0 Å². The predicted molar refractivity (Wildman–Crippen MR) is 68.8 cm³/mol. The molecular weight excluding hydrogens is 230 g/mol. The van der Waals surface area contributed by atoms with E-state index >= 15 is 0 Å². The van der Waals surface area contributed by atoms with Gasteiger partial charge in [0.1, 0.15) is 5.78 Å². The Bertz CT molecular complexity index is 360. The van der Waals surface area contributed by atoms with Crippen molar-refractivity contribution in [3.05, 3.63) is 0 Å². The molecule has 18 heavy (non-hydrogen) atoms. The highest BCUT2D eigenvalue weighted by atomic mass is 16.2. The maximum absolute atomic E-state index is 11.7. The van der Waals surface area contributed by atoms with E-state index in [1.165, 1.54) is 4.90 Å². The molecule has 0 aromatic rings. The quantitative estimate of drug-likeness (QED) is 0.538. The number of imide groups is 1. The van der Waals surface area contributed by atoms with E-state index < -0.39 is 0 Å². The highest BCUT2D eigenvalue weighted by molar-refractivity contribution is 6.03. The van der Waals surface area contributed by atoms with Crippen LogP contribution in [0.2, 0.25) is 0 Å². The number of Topliss-reactive ketones (excluding diaryl/α,β-unsaturated/α-hetero) is 1. The Morgan fingerprint density at radius 3 is 2.39 bits per heavy atom. The van der Waals surface area contributed by atoms with Crippen molar-refractivity contribution in [2.24, 2.45) is 11.3 Å². The standard InChI is InChI=1S/C14H23NO3/c1-10-9-12(17)15(13(10)18)8-6-5-7-14(3,4)11(2)16/h10H,5-9H2,1-4H3. The van der Waals surface area contributed by atoms with Crippen LogP contribution in [0.5, 0.6) is 0 Å². The summed E-state index contributed by atoms with van der Waals surface area (Å²) in [7, 11) is 0. The van der Waals surface area contributed by atoms with Crippen molar-refractivity contribution in [3.8, 4) is 0 Å². The van der Waals surface area contributed by atoms with Gasteiger partial charge in [-0.3, -0.25) is 19.3 Å². The van der Waals surface area contributed by atoms with E-state index in [2.05, 4.69) is 0 Å². The van der Waals surface area contributed by atoms with Crippen molar-refractivity contribution in [2.45, 2.75) is 53.4 Å². The van der Waals surface area contributed by atoms with E-state index in [1.54, 1.807) is 13.8 Å². The summed E-state index contributed by atoms with van der Waals surface area (Å²) in [4.78, 5) is 35.9. The SMILES string of the molecule is CC(=O)C(C)(C)CCCCN1C(=O)CC(C)C1=O. The molecule has 1 aliphatic rings. The van der Waals surface area contributed by atoms with E-state index in [-0.39, 0.29) is 28.9 Å². The van der Waals surface area contributed by atoms with Crippen LogP contribution in [0.15, 0.2) is 0 Å². The number of carbonyl (C=O) groups excluding carboxylic acids is 3. The van der Waals surface area contributed by atoms with E-state index in [0.717, 1.165) is 19.3 Å². The Labute approximate surface area is 109 Å². The fraction of sp³-hybridized carbons (Fsp3) is 0.786. The van der Waals surface area contributed by atoms with E-state index in [0.29, 0.717) is 13.0 Å². The van der Waals surface area contributed by atoms with Gasteiger partial charge in [0, 0.05) is 24.3 Å². The smallest absolute Gasteiger partial charge is 0.232 e. The summed E-state index contributed by atoms with van der Waals surface area (Å²) in [6.45, 7) is 7.76. The number of amides is 2. The predicted octanol–water partition coefficient (Wildman–Crippen LogP) is 2.17. The number of unbranched alkanes of at least 4 members (excludes halogenated alkanes) is 1. The van der Waals surface area contributed by atoms with Crippen LogP contribution in [0.1, 0.15) is 53.4 Å². The van der Waals surface area contributed by atoms with Gasteiger partial charge in [-0.05, 0) is 19.8 Å². The Kier molecular flexibility index (Phi) is 4.65. The minimum Gasteiger partial charge on any atom is -0.299 e. The van der Waals surface area contributed by atoms with Gasteiger partial charge in [-0.25, -0.2) is 0 Å². The summed E-state index contributed by atoms with van der Waals surface area (Å²) >= 11 is 0. The lowest BCUT2D eigenvalue weighted by atomic mass is 9.83. The van der Waals surface area contributed by atoms with Crippen LogP contribution in [0.25, 0.3) is 0 Å². The molecule has 4 heteroatoms. The normalized spacial score (nSPS) is 20.7. The number of rotatable bonds is 6. The molecule has 102 valence electrons. The Morgan fingerprint density at radius 1 is 1.33 bits per heavy atom. The van der Waals surface area contributed by atoms with Crippen molar-refractivity contribution in [3.63, 3.8) is 0 Å². The van der Waals surface area contributed by atoms with Gasteiger partial charge in [-0.1, -0.05) is 27.2 Å². The topological polar surface area (TPSA) is 54.5 Å². The lowest BCUT2D eigenvalue weighted by Gasteiger charge is -2.21. The van der Waals surface area contributed by atoms with Gasteiger partial charge in [0.25, 0.3) is 0 Å². The third-order valence-electron chi connectivity index (χ3n) is 3.86. The molecule has 0 aromatic heterocycles. The number of hydrogen-bond donors (Lipinski definition) is 0. The molecule has 1 aliphatic heterocycles. The summed E-state index contributed by atoms with van der Waals surface area (Å²) in [6.07, 6.45) is 2.78. The average molecular weight is 253 g/mol. The summed E-state index contributed by atoms with van der Waals surface area (Å²) in [6, 6.07) is 0. The third-order valence-corrected chi connectivity index (χ3v) is 3.86. The monoisotopic (exact) mass is 253 g/mol. The highest BCUT2D eigenvalue weighted by Crippen LogP contribution is 2.25. The van der Waals surface area contributed by atoms with Crippen LogP contribution >= 0.6 is 0 Å². The molecule has 0 N–H and O–H groups in total. The largest absolute Gasteiger partial charge is 0.299 e. The van der Waals surface area contributed by atoms with Crippen LogP contribution in [-0.2, 0) is 14.4 Å². The van der Waals surface area contributed by atoms with Crippen LogP contribution in [-0.4, -0.2) is 29.0 Å². The van der Waals surface area contributed by atoms with Crippen molar-refractivity contribution < 1.29 is 14.4 Å². The van der Waals surface area contributed by atoms with E-state index in [1.807, 2.05) is 13.8 Å². The first-order valence-electron chi connectivity index (χ1n) is 6.61. The Hall–Kier alpha value is -1.19. The molecule has 0 aromatic carbocycles. The van der Waals surface area contributed by atoms with Gasteiger partial charge in [0.2, 0.25) is 11.8 Å². The molecule has 1 rings (SSSR count). The van der Waals surface area contributed by atoms with E-state index in [4.69, 9.17) is 0 Å². The number of ketones is 1. The van der Waals surface area contributed by atoms with Gasteiger partial charge in [0.15, 0.2) is 0 Å². The minimum absolute atomic E-state index is 0.0502. The second kappa shape index (κ2) is 5.63. The lowest BCUT2D eigenvalue weighted by molar-refractivity contribution is -0.139. The minimum atomic E-state index is -0.299. The Balaban J connectivity index is 2.33. The number of hydrogen-bond acceptors (Lipinski definition) is 3. The van der Waals surface area contributed by atoms with Crippen LogP contribution in [0.3, 0.4) is 0 Å². The molecule has 0 saturated carbocycles. The zero-order chi connectivity index (χ0) is 13.9. The van der Waals surface area contributed by atoms with Gasteiger partial charge >= 0.3 is 0 Å². The molecule has 1 fully saturated rings. The zero-order valence-corrected chi connectivity index (χ0v) is 11.8. The van der Waals surface area contributed by atoms with E-state index in [9.17, 15) is 14.4 Å². The van der Waals surface area contributed by atoms with Crippen LogP contribution in [0, 0.1) is 11.3 Å². The highest BCUT2D eigenvalue weighted by Gasteiger charge is 2.34. The average Bonchev–Trinajstić information content (AvgIpc) is 2.49. The molecule has 0 radical (unpaired) electrons. The molecular formula is C14H23NO3. The summed E-state index contributed by atoms with van der Waals surface area (Å²) in [5, 5.41) is 0. The summed E-state index contributed by atoms with van der Waals surface area (Å²) in [5.41, 5.74) is -0.299. The first-order chi connectivity index (χ1) is 8.25. The Morgan fingerprint density at radius 2 is 1.94 bits per heavy atom. The van der Waals surface area contributed by atoms with Crippen molar-refractivity contribution >= 4 is 17.6 Å². The molecule has 2 amide bonds. The van der Waals surface area contributed by atoms with Gasteiger partial charge < -0.3 is 0 Å². The molecule has 1 heterocycles. The summed E-state index contributed by atoms with van der Waals surface area (Å²) in [5.74, 6) is -0.0836. The molecule has 0 bridgehead atoms. The number of carbonyl (C=O) groups is 3. The molecule has 0 spiro atoms. The van der Waals surface area contributed by atoms with Crippen molar-refractivity contribution in [2.75, 3.05) is 6.54 Å². The maximum atomic E-state index is 11.7.